The highest BCUT2D eigenvalue weighted by Gasteiger charge is 2.41. The van der Waals surface area contributed by atoms with E-state index in [0.29, 0.717) is 23.3 Å². The van der Waals surface area contributed by atoms with Crippen molar-refractivity contribution in [1.82, 2.24) is 45.8 Å². The van der Waals surface area contributed by atoms with Crippen molar-refractivity contribution in [1.29, 1.82) is 0 Å². The first-order valence-corrected chi connectivity index (χ1v) is 12.2. The Bertz CT molecular complexity index is 1170. The summed E-state index contributed by atoms with van der Waals surface area (Å²) in [6, 6.07) is 5.58. The van der Waals surface area contributed by atoms with Gasteiger partial charge in [-0.2, -0.15) is 20.2 Å². The van der Waals surface area contributed by atoms with Crippen LogP contribution in [-0.4, -0.2) is 72.3 Å². The summed E-state index contributed by atoms with van der Waals surface area (Å²) in [5.41, 5.74) is 2.67. The summed E-state index contributed by atoms with van der Waals surface area (Å²) < 4.78 is 5.60. The zero-order chi connectivity index (χ0) is 24.2. The zero-order valence-corrected chi connectivity index (χ0v) is 20.2. The van der Waals surface area contributed by atoms with Crippen LogP contribution < -0.4 is 5.32 Å². The van der Waals surface area contributed by atoms with E-state index in [1.165, 1.54) is 4.80 Å². The molecule has 12 heteroatoms. The molecule has 1 amide bonds. The Labute approximate surface area is 207 Å². The highest BCUT2D eigenvalue weighted by Crippen LogP contribution is 2.35. The summed E-state index contributed by atoms with van der Waals surface area (Å²) >= 11 is 6.19. The van der Waals surface area contributed by atoms with E-state index in [4.69, 9.17) is 16.3 Å². The van der Waals surface area contributed by atoms with Gasteiger partial charge in [0.2, 0.25) is 5.91 Å². The lowest BCUT2D eigenvalue weighted by Gasteiger charge is -2.31. The lowest BCUT2D eigenvalue weighted by molar-refractivity contribution is -0.127. The molecule has 2 fully saturated rings. The van der Waals surface area contributed by atoms with E-state index in [2.05, 4.69) is 36.1 Å². The molecule has 0 bridgehead atoms. The predicted octanol–water partition coefficient (Wildman–Crippen LogP) is 2.13. The fourth-order valence-corrected chi connectivity index (χ4v) is 4.59. The minimum atomic E-state index is -0.00208. The van der Waals surface area contributed by atoms with Gasteiger partial charge in [-0.25, -0.2) is 0 Å². The Kier molecular flexibility index (Phi) is 7.16. The fourth-order valence-electron chi connectivity index (χ4n) is 4.39. The van der Waals surface area contributed by atoms with Crippen LogP contribution in [0.25, 0.3) is 6.08 Å². The first-order valence-electron chi connectivity index (χ1n) is 11.8. The minimum absolute atomic E-state index is 0.00208. The molecule has 0 spiro atoms. The number of hydrogen-bond donors (Lipinski definition) is 2. The Morgan fingerprint density at radius 3 is 2.94 bits per heavy atom. The molecule has 2 aliphatic rings. The number of H-pyrrole nitrogens is 1. The fraction of sp³-hybridized carbons (Fsp3) is 0.478. The number of piperidine rings is 1. The average molecular weight is 498 g/mol. The Hall–Kier alpha value is -3.15. The van der Waals surface area contributed by atoms with Crippen LogP contribution in [0.3, 0.4) is 0 Å². The molecule has 0 radical (unpaired) electrons. The maximum absolute atomic E-state index is 12.8. The summed E-state index contributed by atoms with van der Waals surface area (Å²) in [5, 5.41) is 26.7. The molecule has 2 atom stereocenters. The van der Waals surface area contributed by atoms with Gasteiger partial charge < -0.3 is 9.64 Å². The predicted molar refractivity (Wildman–Crippen MR) is 128 cm³/mol. The molecule has 2 N–H and O–H groups in total. The number of amides is 1. The summed E-state index contributed by atoms with van der Waals surface area (Å²) in [6.45, 7) is 4.64. The molecule has 2 unspecified atom stereocenters. The Morgan fingerprint density at radius 2 is 2.20 bits per heavy atom. The van der Waals surface area contributed by atoms with Crippen LogP contribution in [0, 0.1) is 12.8 Å². The number of nitrogens with one attached hydrogen (secondary N) is 2. The maximum atomic E-state index is 12.8. The van der Waals surface area contributed by atoms with Crippen molar-refractivity contribution in [3.05, 3.63) is 58.1 Å². The standard InChI is InChI=1S/C23H28ClN9O2/c1-15-27-31-33(29-15)14-18-12-19(24)4-2-17(18)3-5-21(34)32-10-7-16(8-11-32)6-9-25-23-22(35-23)20-13-26-30-28-20/h2-5,12-13,16,22-23,25H,6-11,14H2,1H3,(H,26,28,30)/b5-3+. The lowest BCUT2D eigenvalue weighted by atomic mass is 9.93. The molecular weight excluding hydrogens is 470 g/mol. The van der Waals surface area contributed by atoms with Crippen molar-refractivity contribution in [2.75, 3.05) is 19.6 Å². The molecule has 2 aromatic heterocycles. The highest BCUT2D eigenvalue weighted by molar-refractivity contribution is 6.30. The van der Waals surface area contributed by atoms with Crippen molar-refractivity contribution < 1.29 is 9.53 Å². The first-order chi connectivity index (χ1) is 17.0. The molecule has 2 saturated heterocycles. The summed E-state index contributed by atoms with van der Waals surface area (Å²) in [5.74, 6) is 1.23. The zero-order valence-electron chi connectivity index (χ0n) is 19.5. The number of hydrogen-bond acceptors (Lipinski definition) is 8. The molecule has 5 rings (SSSR count). The Morgan fingerprint density at radius 1 is 1.34 bits per heavy atom. The number of likely N-dealkylation sites (tertiary alicyclic amines) is 1. The number of ether oxygens (including phenoxy) is 1. The molecule has 184 valence electrons. The molecule has 4 heterocycles. The van der Waals surface area contributed by atoms with Gasteiger partial charge >= 0.3 is 0 Å². The number of aryl methyl sites for hydroxylation is 1. The van der Waals surface area contributed by atoms with Crippen LogP contribution in [0.4, 0.5) is 0 Å². The van der Waals surface area contributed by atoms with Gasteiger partial charge in [-0.1, -0.05) is 17.7 Å². The van der Waals surface area contributed by atoms with Crippen LogP contribution >= 0.6 is 11.6 Å². The van der Waals surface area contributed by atoms with Crippen molar-refractivity contribution in [3.8, 4) is 0 Å². The quantitative estimate of drug-likeness (QED) is 0.339. The van der Waals surface area contributed by atoms with E-state index < -0.39 is 0 Å². The van der Waals surface area contributed by atoms with Crippen molar-refractivity contribution >= 4 is 23.6 Å². The van der Waals surface area contributed by atoms with Gasteiger partial charge in [-0.05, 0) is 73.2 Å². The largest absolute Gasteiger partial charge is 0.346 e. The van der Waals surface area contributed by atoms with Crippen LogP contribution in [0.1, 0.15) is 48.0 Å². The third-order valence-electron chi connectivity index (χ3n) is 6.42. The highest BCUT2D eigenvalue weighted by atomic mass is 35.5. The monoisotopic (exact) mass is 497 g/mol. The van der Waals surface area contributed by atoms with Crippen LogP contribution in [0.15, 0.2) is 30.5 Å². The smallest absolute Gasteiger partial charge is 0.246 e. The third-order valence-corrected chi connectivity index (χ3v) is 6.65. The van der Waals surface area contributed by atoms with E-state index in [1.807, 2.05) is 29.2 Å². The lowest BCUT2D eigenvalue weighted by Crippen LogP contribution is -2.38. The Balaban J connectivity index is 1.07. The van der Waals surface area contributed by atoms with Crippen molar-refractivity contribution in [2.45, 2.75) is 45.1 Å². The number of carbonyl (C=O) groups excluding carboxylic acids is 1. The molecule has 0 aliphatic carbocycles. The third kappa shape index (κ3) is 6.11. The van der Waals surface area contributed by atoms with E-state index >= 15 is 0 Å². The second-order valence-electron chi connectivity index (χ2n) is 8.93. The minimum Gasteiger partial charge on any atom is -0.346 e. The number of aromatic nitrogens is 7. The van der Waals surface area contributed by atoms with Gasteiger partial charge in [-0.3, -0.25) is 10.1 Å². The number of halogens is 1. The number of tetrazole rings is 1. The molecule has 35 heavy (non-hydrogen) atoms. The van der Waals surface area contributed by atoms with Crippen LogP contribution in [0.5, 0.6) is 0 Å². The van der Waals surface area contributed by atoms with E-state index in [0.717, 1.165) is 55.7 Å². The topological polar surface area (TPSA) is 130 Å². The first kappa shape index (κ1) is 23.6. The number of benzene rings is 1. The van der Waals surface area contributed by atoms with Gasteiger partial charge in [0.05, 0.1) is 12.7 Å². The summed E-state index contributed by atoms with van der Waals surface area (Å²) in [6.07, 6.45) is 8.26. The van der Waals surface area contributed by atoms with Gasteiger partial charge in [-0.15, -0.1) is 10.2 Å². The molecule has 0 saturated carbocycles. The second-order valence-corrected chi connectivity index (χ2v) is 9.36. The molecule has 2 aliphatic heterocycles. The molecular formula is C23H28ClN9O2. The number of nitrogens with zero attached hydrogens (tertiary/aromatic N) is 7. The molecule has 11 nitrogen and oxygen atoms in total. The van der Waals surface area contributed by atoms with Crippen molar-refractivity contribution in [2.24, 2.45) is 5.92 Å². The van der Waals surface area contributed by atoms with Crippen LogP contribution in [-0.2, 0) is 16.1 Å². The number of aromatic amines is 1. The van der Waals surface area contributed by atoms with Gasteiger partial charge in [0.1, 0.15) is 18.0 Å². The van der Waals surface area contributed by atoms with E-state index in [-0.39, 0.29) is 18.2 Å². The molecule has 3 aromatic rings. The SMILES string of the molecule is Cc1nnn(Cc2cc(Cl)ccc2/C=C/C(=O)N2CCC(CCNC3OC3c3cn[nH]n3)CC2)n1. The van der Waals surface area contributed by atoms with Crippen LogP contribution in [0.2, 0.25) is 5.02 Å². The normalized spacial score (nSPS) is 20.6. The second kappa shape index (κ2) is 10.6. The van der Waals surface area contributed by atoms with Gasteiger partial charge in [0.25, 0.3) is 0 Å². The number of epoxide rings is 1. The number of rotatable bonds is 9. The average Bonchev–Trinajstić information content (AvgIpc) is 3.21. The summed E-state index contributed by atoms with van der Waals surface area (Å²) in [4.78, 5) is 16.2. The van der Waals surface area contributed by atoms with Crippen molar-refractivity contribution in [3.63, 3.8) is 0 Å². The van der Waals surface area contributed by atoms with Gasteiger partial charge in [0.15, 0.2) is 5.82 Å². The van der Waals surface area contributed by atoms with E-state index in [1.54, 1.807) is 19.2 Å². The van der Waals surface area contributed by atoms with E-state index in [9.17, 15) is 4.79 Å². The molecule has 1 aromatic carbocycles. The number of carbonyl (C=O) groups is 1. The van der Waals surface area contributed by atoms with Gasteiger partial charge in [0, 0.05) is 24.2 Å². The summed E-state index contributed by atoms with van der Waals surface area (Å²) in [7, 11) is 0. The maximum Gasteiger partial charge on any atom is 0.246 e.